The molecule has 0 aromatic carbocycles. The fourth-order valence-electron chi connectivity index (χ4n) is 4.26. The molecule has 0 bridgehead atoms. The lowest BCUT2D eigenvalue weighted by Crippen LogP contribution is -2.39. The van der Waals surface area contributed by atoms with Gasteiger partial charge in [0.2, 0.25) is 0 Å². The Kier molecular flexibility index (Phi) is 3.81. The number of aliphatic hydroxyl groups is 1. The molecule has 0 radical (unpaired) electrons. The Labute approximate surface area is 112 Å². The van der Waals surface area contributed by atoms with E-state index in [1.54, 1.807) is 0 Å². The maximum Gasteiger partial charge on any atom is 0.0687 e. The molecule has 0 aromatic heterocycles. The second-order valence-electron chi connectivity index (χ2n) is 7.61. The maximum atomic E-state index is 10.7. The number of hydrogen-bond donors (Lipinski definition) is 1. The number of hydrogen-bond acceptors (Lipinski definition) is 2. The van der Waals surface area contributed by atoms with Crippen LogP contribution in [0.2, 0.25) is 0 Å². The van der Waals surface area contributed by atoms with Crippen LogP contribution in [0, 0.1) is 17.8 Å². The summed E-state index contributed by atoms with van der Waals surface area (Å²) < 4.78 is 6.12. The number of aliphatic hydroxyl groups excluding tert-OH is 1. The molecule has 1 N–H and O–H groups in total. The summed E-state index contributed by atoms with van der Waals surface area (Å²) in [6.45, 7) is 10.8. The Hall–Kier alpha value is -0.0800. The molecule has 2 heteroatoms. The van der Waals surface area contributed by atoms with Crippen molar-refractivity contribution in [2.45, 2.75) is 84.0 Å². The highest BCUT2D eigenvalue weighted by molar-refractivity contribution is 4.99. The van der Waals surface area contributed by atoms with E-state index in [1.165, 1.54) is 25.7 Å². The quantitative estimate of drug-likeness (QED) is 0.831. The van der Waals surface area contributed by atoms with E-state index >= 15 is 0 Å². The summed E-state index contributed by atoms with van der Waals surface area (Å²) in [5, 5.41) is 10.7. The minimum Gasteiger partial charge on any atom is -0.392 e. The largest absolute Gasteiger partial charge is 0.392 e. The van der Waals surface area contributed by atoms with Crippen LogP contribution in [0.25, 0.3) is 0 Å². The van der Waals surface area contributed by atoms with Crippen molar-refractivity contribution in [2.75, 3.05) is 0 Å². The monoisotopic (exact) mass is 254 g/mol. The van der Waals surface area contributed by atoms with Gasteiger partial charge in [-0.15, -0.1) is 0 Å². The van der Waals surface area contributed by atoms with E-state index in [2.05, 4.69) is 34.6 Å². The molecule has 0 spiro atoms. The highest BCUT2D eigenvalue weighted by Gasteiger charge is 2.50. The summed E-state index contributed by atoms with van der Waals surface area (Å²) >= 11 is 0. The lowest BCUT2D eigenvalue weighted by molar-refractivity contribution is -0.0935. The normalized spacial score (nSPS) is 40.0. The van der Waals surface area contributed by atoms with Gasteiger partial charge in [0.25, 0.3) is 0 Å². The molecule has 4 atom stereocenters. The van der Waals surface area contributed by atoms with Gasteiger partial charge in [-0.3, -0.25) is 0 Å². The second kappa shape index (κ2) is 4.79. The molecule has 1 saturated carbocycles. The van der Waals surface area contributed by atoms with E-state index in [1.807, 2.05) is 0 Å². The molecular formula is C16H30O2. The average Bonchev–Trinajstić information content (AvgIpc) is 2.79. The predicted molar refractivity (Wildman–Crippen MR) is 74.5 cm³/mol. The summed E-state index contributed by atoms with van der Waals surface area (Å²) in [5.41, 5.74) is -0.273. The van der Waals surface area contributed by atoms with Crippen molar-refractivity contribution in [3.8, 4) is 0 Å². The van der Waals surface area contributed by atoms with Crippen LogP contribution >= 0.6 is 0 Å². The molecular weight excluding hydrogens is 224 g/mol. The van der Waals surface area contributed by atoms with Gasteiger partial charge in [0, 0.05) is 5.92 Å². The Bertz CT molecular complexity index is 295. The fraction of sp³-hybridized carbons (Fsp3) is 1.00. The standard InChI is InChI=1S/C16H30O2/c1-6-11-7-8-12(9-11)14(17)13-10-15(2,3)18-16(13,4)5/h11-14,17H,6-10H2,1-5H3. The van der Waals surface area contributed by atoms with E-state index in [0.29, 0.717) is 5.92 Å². The Morgan fingerprint density at radius 1 is 1.22 bits per heavy atom. The molecule has 1 aliphatic carbocycles. The van der Waals surface area contributed by atoms with Gasteiger partial charge in [-0.1, -0.05) is 19.8 Å². The minimum atomic E-state index is -0.187. The lowest BCUT2D eigenvalue weighted by atomic mass is 9.77. The van der Waals surface area contributed by atoms with Crippen LogP contribution < -0.4 is 0 Å². The summed E-state index contributed by atoms with van der Waals surface area (Å²) in [7, 11) is 0. The Morgan fingerprint density at radius 3 is 2.33 bits per heavy atom. The molecule has 1 saturated heterocycles. The van der Waals surface area contributed by atoms with Gasteiger partial charge in [0.15, 0.2) is 0 Å². The van der Waals surface area contributed by atoms with Gasteiger partial charge in [-0.2, -0.15) is 0 Å². The second-order valence-corrected chi connectivity index (χ2v) is 7.61. The molecule has 0 aromatic rings. The molecule has 0 amide bonds. The van der Waals surface area contributed by atoms with E-state index in [-0.39, 0.29) is 23.2 Å². The third-order valence-electron chi connectivity index (χ3n) is 5.20. The van der Waals surface area contributed by atoms with Crippen LogP contribution in [-0.2, 0) is 4.74 Å². The highest BCUT2D eigenvalue weighted by atomic mass is 16.5. The summed E-state index contributed by atoms with van der Waals surface area (Å²) in [6, 6.07) is 0. The van der Waals surface area contributed by atoms with E-state index in [9.17, 15) is 5.11 Å². The summed E-state index contributed by atoms with van der Waals surface area (Å²) in [6.07, 6.45) is 5.78. The first-order chi connectivity index (χ1) is 8.25. The van der Waals surface area contributed by atoms with Crippen LogP contribution in [-0.4, -0.2) is 22.4 Å². The van der Waals surface area contributed by atoms with Crippen molar-refractivity contribution >= 4 is 0 Å². The molecule has 106 valence electrons. The molecule has 2 rings (SSSR count). The van der Waals surface area contributed by atoms with E-state index in [4.69, 9.17) is 4.74 Å². The van der Waals surface area contributed by atoms with Gasteiger partial charge < -0.3 is 9.84 Å². The van der Waals surface area contributed by atoms with Crippen molar-refractivity contribution in [3.05, 3.63) is 0 Å². The third-order valence-corrected chi connectivity index (χ3v) is 5.20. The fourth-order valence-corrected chi connectivity index (χ4v) is 4.26. The van der Waals surface area contributed by atoms with Gasteiger partial charge in [-0.05, 0) is 58.8 Å². The van der Waals surface area contributed by atoms with Crippen molar-refractivity contribution in [1.29, 1.82) is 0 Å². The topological polar surface area (TPSA) is 29.5 Å². The van der Waals surface area contributed by atoms with Gasteiger partial charge >= 0.3 is 0 Å². The van der Waals surface area contributed by atoms with E-state index in [0.717, 1.165) is 12.3 Å². The number of rotatable bonds is 3. The molecule has 2 aliphatic rings. The first-order valence-corrected chi connectivity index (χ1v) is 7.63. The molecule has 1 heterocycles. The Balaban J connectivity index is 2.03. The zero-order chi connectivity index (χ0) is 13.6. The van der Waals surface area contributed by atoms with Crippen molar-refractivity contribution in [3.63, 3.8) is 0 Å². The highest BCUT2D eigenvalue weighted by Crippen LogP contribution is 2.47. The smallest absolute Gasteiger partial charge is 0.0687 e. The summed E-state index contributed by atoms with van der Waals surface area (Å²) in [5.74, 6) is 1.62. The van der Waals surface area contributed by atoms with Crippen LogP contribution in [0.15, 0.2) is 0 Å². The van der Waals surface area contributed by atoms with Crippen molar-refractivity contribution in [1.82, 2.24) is 0 Å². The van der Waals surface area contributed by atoms with Crippen molar-refractivity contribution in [2.24, 2.45) is 17.8 Å². The van der Waals surface area contributed by atoms with Crippen LogP contribution in [0.1, 0.15) is 66.7 Å². The maximum absolute atomic E-state index is 10.7. The zero-order valence-corrected chi connectivity index (χ0v) is 12.7. The van der Waals surface area contributed by atoms with Gasteiger partial charge in [0.1, 0.15) is 0 Å². The first-order valence-electron chi connectivity index (χ1n) is 7.63. The SMILES string of the molecule is CCC1CCC(C(O)C2CC(C)(C)OC2(C)C)C1. The Morgan fingerprint density at radius 2 is 1.89 bits per heavy atom. The minimum absolute atomic E-state index is 0.0854. The zero-order valence-electron chi connectivity index (χ0n) is 12.7. The first kappa shape index (κ1) is 14.3. The van der Waals surface area contributed by atoms with Crippen LogP contribution in [0.5, 0.6) is 0 Å². The van der Waals surface area contributed by atoms with Crippen LogP contribution in [0.3, 0.4) is 0 Å². The predicted octanol–water partition coefficient (Wildman–Crippen LogP) is 3.77. The molecule has 2 fully saturated rings. The molecule has 18 heavy (non-hydrogen) atoms. The third kappa shape index (κ3) is 2.75. The van der Waals surface area contributed by atoms with Crippen molar-refractivity contribution < 1.29 is 9.84 Å². The van der Waals surface area contributed by atoms with Gasteiger partial charge in [-0.25, -0.2) is 0 Å². The van der Waals surface area contributed by atoms with Crippen LogP contribution in [0.4, 0.5) is 0 Å². The average molecular weight is 254 g/mol. The molecule has 1 aliphatic heterocycles. The van der Waals surface area contributed by atoms with E-state index < -0.39 is 0 Å². The van der Waals surface area contributed by atoms with Gasteiger partial charge in [0.05, 0.1) is 17.3 Å². The lowest BCUT2D eigenvalue weighted by Gasteiger charge is -2.33. The summed E-state index contributed by atoms with van der Waals surface area (Å²) in [4.78, 5) is 0. The molecule has 4 unspecified atom stereocenters. The molecule has 2 nitrogen and oxygen atoms in total. The number of ether oxygens (including phenoxy) is 1.